The lowest BCUT2D eigenvalue weighted by Gasteiger charge is -2.08. The van der Waals surface area contributed by atoms with Gasteiger partial charge in [-0.15, -0.1) is 0 Å². The number of hydrogen-bond donors (Lipinski definition) is 1. The molecule has 142 valence electrons. The van der Waals surface area contributed by atoms with Crippen molar-refractivity contribution in [2.75, 3.05) is 5.32 Å². The van der Waals surface area contributed by atoms with E-state index < -0.39 is 4.92 Å². The Morgan fingerprint density at radius 1 is 1.07 bits per heavy atom. The Kier molecular flexibility index (Phi) is 6.11. The van der Waals surface area contributed by atoms with E-state index in [4.69, 9.17) is 0 Å². The maximum absolute atomic E-state index is 12.6. The average molecular weight is 392 g/mol. The number of rotatable bonds is 6. The SMILES string of the molecule is CCc1cccc(NC(=O)c2ccc(Sc3ccc(C)cc3)c([N+](=O)[O-])c2)c1. The monoisotopic (exact) mass is 392 g/mol. The normalized spacial score (nSPS) is 10.5. The van der Waals surface area contributed by atoms with E-state index in [1.54, 1.807) is 18.2 Å². The molecule has 0 aliphatic rings. The van der Waals surface area contributed by atoms with E-state index in [0.29, 0.717) is 10.6 Å². The minimum Gasteiger partial charge on any atom is -0.322 e. The summed E-state index contributed by atoms with van der Waals surface area (Å²) in [6.45, 7) is 4.02. The third-order valence-electron chi connectivity index (χ3n) is 4.26. The number of carbonyl (C=O) groups is 1. The summed E-state index contributed by atoms with van der Waals surface area (Å²) < 4.78 is 0. The lowest BCUT2D eigenvalue weighted by molar-refractivity contribution is -0.387. The third kappa shape index (κ3) is 4.78. The highest BCUT2D eigenvalue weighted by molar-refractivity contribution is 7.99. The number of nitrogens with one attached hydrogen (secondary N) is 1. The van der Waals surface area contributed by atoms with Crippen LogP contribution >= 0.6 is 11.8 Å². The molecule has 0 aliphatic carbocycles. The van der Waals surface area contributed by atoms with Crippen molar-refractivity contribution in [3.63, 3.8) is 0 Å². The number of carbonyl (C=O) groups excluding carboxylic acids is 1. The number of amides is 1. The molecular weight excluding hydrogens is 372 g/mol. The summed E-state index contributed by atoms with van der Waals surface area (Å²) in [7, 11) is 0. The molecule has 0 spiro atoms. The van der Waals surface area contributed by atoms with Crippen LogP contribution in [0, 0.1) is 17.0 Å². The summed E-state index contributed by atoms with van der Waals surface area (Å²) in [5, 5.41) is 14.3. The van der Waals surface area contributed by atoms with E-state index in [1.165, 1.54) is 17.8 Å². The van der Waals surface area contributed by atoms with Crippen LogP contribution in [-0.4, -0.2) is 10.8 Å². The van der Waals surface area contributed by atoms with Crippen LogP contribution in [0.4, 0.5) is 11.4 Å². The van der Waals surface area contributed by atoms with Gasteiger partial charge in [-0.2, -0.15) is 0 Å². The van der Waals surface area contributed by atoms with E-state index in [1.807, 2.05) is 56.3 Å². The molecule has 28 heavy (non-hydrogen) atoms. The van der Waals surface area contributed by atoms with Gasteiger partial charge in [0.05, 0.1) is 9.82 Å². The molecule has 0 radical (unpaired) electrons. The molecule has 0 atom stereocenters. The smallest absolute Gasteiger partial charge is 0.284 e. The van der Waals surface area contributed by atoms with Crippen LogP contribution in [0.2, 0.25) is 0 Å². The van der Waals surface area contributed by atoms with Gasteiger partial charge in [0.15, 0.2) is 0 Å². The molecule has 0 bridgehead atoms. The molecule has 0 saturated carbocycles. The van der Waals surface area contributed by atoms with Gasteiger partial charge in [0.2, 0.25) is 0 Å². The molecule has 5 nitrogen and oxygen atoms in total. The molecule has 0 heterocycles. The molecule has 6 heteroatoms. The Balaban J connectivity index is 1.84. The first kappa shape index (κ1) is 19.6. The van der Waals surface area contributed by atoms with Gasteiger partial charge in [-0.1, -0.05) is 48.5 Å². The first-order chi connectivity index (χ1) is 13.5. The fourth-order valence-corrected chi connectivity index (χ4v) is 3.59. The van der Waals surface area contributed by atoms with Crippen molar-refractivity contribution < 1.29 is 9.72 Å². The zero-order chi connectivity index (χ0) is 20.1. The fourth-order valence-electron chi connectivity index (χ4n) is 2.69. The highest BCUT2D eigenvalue weighted by atomic mass is 32.2. The van der Waals surface area contributed by atoms with E-state index >= 15 is 0 Å². The number of nitrogens with zero attached hydrogens (tertiary/aromatic N) is 1. The second-order valence-corrected chi connectivity index (χ2v) is 7.48. The quantitative estimate of drug-likeness (QED) is 0.421. The van der Waals surface area contributed by atoms with Crippen LogP contribution in [-0.2, 0) is 6.42 Å². The van der Waals surface area contributed by atoms with Crippen LogP contribution < -0.4 is 5.32 Å². The Bertz CT molecular complexity index is 1020. The zero-order valence-electron chi connectivity index (χ0n) is 15.6. The van der Waals surface area contributed by atoms with Crippen molar-refractivity contribution in [3.05, 3.63) is 93.5 Å². The minimum absolute atomic E-state index is 0.0828. The Morgan fingerprint density at radius 2 is 1.82 bits per heavy atom. The Morgan fingerprint density at radius 3 is 2.50 bits per heavy atom. The van der Waals surface area contributed by atoms with Crippen LogP contribution in [0.3, 0.4) is 0 Å². The molecule has 1 N–H and O–H groups in total. The third-order valence-corrected chi connectivity index (χ3v) is 5.33. The van der Waals surface area contributed by atoms with Crippen molar-refractivity contribution in [1.29, 1.82) is 0 Å². The van der Waals surface area contributed by atoms with Crippen molar-refractivity contribution in [1.82, 2.24) is 0 Å². The molecule has 0 fully saturated rings. The summed E-state index contributed by atoms with van der Waals surface area (Å²) in [5.41, 5.74) is 3.07. The Labute approximate surface area is 167 Å². The lowest BCUT2D eigenvalue weighted by atomic mass is 10.1. The van der Waals surface area contributed by atoms with Gasteiger partial charge in [-0.25, -0.2) is 0 Å². The molecule has 0 aromatic heterocycles. The molecule has 0 aliphatic heterocycles. The van der Waals surface area contributed by atoms with Crippen molar-refractivity contribution >= 4 is 29.0 Å². The van der Waals surface area contributed by atoms with Crippen LogP contribution in [0.5, 0.6) is 0 Å². The molecule has 3 aromatic rings. The van der Waals surface area contributed by atoms with Gasteiger partial charge in [0.25, 0.3) is 11.6 Å². The minimum atomic E-state index is -0.453. The molecular formula is C22H20N2O3S. The summed E-state index contributed by atoms with van der Waals surface area (Å²) in [6.07, 6.45) is 0.861. The van der Waals surface area contributed by atoms with E-state index in [2.05, 4.69) is 5.32 Å². The fraction of sp³-hybridized carbons (Fsp3) is 0.136. The van der Waals surface area contributed by atoms with Gasteiger partial charge in [-0.3, -0.25) is 14.9 Å². The lowest BCUT2D eigenvalue weighted by Crippen LogP contribution is -2.12. The summed E-state index contributed by atoms with van der Waals surface area (Å²) in [6, 6.07) is 19.9. The van der Waals surface area contributed by atoms with Crippen molar-refractivity contribution in [2.24, 2.45) is 0 Å². The van der Waals surface area contributed by atoms with E-state index in [0.717, 1.165) is 22.4 Å². The highest BCUT2D eigenvalue weighted by Crippen LogP contribution is 2.35. The standard InChI is InChI=1S/C22H20N2O3S/c1-3-16-5-4-6-18(13-16)23-22(25)17-9-12-21(20(14-17)24(26)27)28-19-10-7-15(2)8-11-19/h4-14H,3H2,1-2H3,(H,23,25). The summed E-state index contributed by atoms with van der Waals surface area (Å²) in [4.78, 5) is 25.0. The number of anilines is 1. The van der Waals surface area contributed by atoms with Crippen LogP contribution in [0.25, 0.3) is 0 Å². The van der Waals surface area contributed by atoms with Gasteiger partial charge in [0, 0.05) is 22.2 Å². The first-order valence-electron chi connectivity index (χ1n) is 8.89. The molecule has 1 amide bonds. The zero-order valence-corrected chi connectivity index (χ0v) is 16.5. The molecule has 0 unspecified atom stereocenters. The Hall–Kier alpha value is -3.12. The van der Waals surface area contributed by atoms with Gasteiger partial charge in [-0.05, 0) is 55.3 Å². The number of hydrogen-bond acceptors (Lipinski definition) is 4. The number of aryl methyl sites for hydroxylation is 2. The van der Waals surface area contributed by atoms with Crippen molar-refractivity contribution in [3.8, 4) is 0 Å². The topological polar surface area (TPSA) is 72.2 Å². The number of nitro groups is 1. The largest absolute Gasteiger partial charge is 0.322 e. The summed E-state index contributed by atoms with van der Waals surface area (Å²) >= 11 is 1.31. The summed E-state index contributed by atoms with van der Waals surface area (Å²) in [5.74, 6) is -0.372. The molecule has 0 saturated heterocycles. The molecule has 3 rings (SSSR count). The average Bonchev–Trinajstić information content (AvgIpc) is 2.70. The number of nitro benzene ring substituents is 1. The second kappa shape index (κ2) is 8.71. The van der Waals surface area contributed by atoms with Gasteiger partial charge < -0.3 is 5.32 Å². The molecule has 3 aromatic carbocycles. The van der Waals surface area contributed by atoms with Crippen molar-refractivity contribution in [2.45, 2.75) is 30.1 Å². The van der Waals surface area contributed by atoms with Gasteiger partial charge >= 0.3 is 0 Å². The van der Waals surface area contributed by atoms with E-state index in [9.17, 15) is 14.9 Å². The first-order valence-corrected chi connectivity index (χ1v) is 9.71. The van der Waals surface area contributed by atoms with Crippen LogP contribution in [0.1, 0.15) is 28.4 Å². The van der Waals surface area contributed by atoms with Crippen LogP contribution in [0.15, 0.2) is 76.5 Å². The van der Waals surface area contributed by atoms with Gasteiger partial charge in [0.1, 0.15) is 0 Å². The predicted molar refractivity (Wildman–Crippen MR) is 112 cm³/mol. The maximum Gasteiger partial charge on any atom is 0.284 e. The maximum atomic E-state index is 12.6. The predicted octanol–water partition coefficient (Wildman–Crippen LogP) is 5.87. The second-order valence-electron chi connectivity index (χ2n) is 6.36. The van der Waals surface area contributed by atoms with E-state index in [-0.39, 0.29) is 17.2 Å². The number of benzene rings is 3. The highest BCUT2D eigenvalue weighted by Gasteiger charge is 2.18.